The third kappa shape index (κ3) is 5.51. The maximum absolute atomic E-state index is 12.0. The first-order chi connectivity index (χ1) is 11.1. The fourth-order valence-electron chi connectivity index (χ4n) is 2.22. The first-order valence-electron chi connectivity index (χ1n) is 7.59. The second-order valence-electron chi connectivity index (χ2n) is 5.09. The normalized spacial score (nSPS) is 13.7. The molecule has 0 aromatic heterocycles. The lowest BCUT2D eigenvalue weighted by Crippen LogP contribution is -2.25. The highest BCUT2D eigenvalue weighted by molar-refractivity contribution is 8.23. The summed E-state index contributed by atoms with van der Waals surface area (Å²) in [5.74, 6) is -0.188. The average Bonchev–Trinajstić information content (AvgIpc) is 3.08. The van der Waals surface area contributed by atoms with E-state index in [0.29, 0.717) is 17.9 Å². The molecule has 23 heavy (non-hydrogen) atoms. The minimum absolute atomic E-state index is 0.111. The molecule has 0 bridgehead atoms. The van der Waals surface area contributed by atoms with Crippen molar-refractivity contribution in [2.24, 2.45) is 0 Å². The number of thioether (sulfide) groups is 1. The van der Waals surface area contributed by atoms with E-state index >= 15 is 0 Å². The molecule has 1 aromatic rings. The number of anilines is 1. The van der Waals surface area contributed by atoms with Crippen LogP contribution in [0, 0.1) is 0 Å². The zero-order chi connectivity index (χ0) is 16.7. The fourth-order valence-corrected chi connectivity index (χ4v) is 3.27. The van der Waals surface area contributed by atoms with Crippen molar-refractivity contribution in [3.8, 4) is 0 Å². The van der Waals surface area contributed by atoms with Crippen LogP contribution >= 0.6 is 24.0 Å². The van der Waals surface area contributed by atoms with Crippen LogP contribution in [-0.2, 0) is 9.53 Å². The number of hydrogen-bond donors (Lipinski definition) is 1. The quantitative estimate of drug-likeness (QED) is 0.649. The van der Waals surface area contributed by atoms with Gasteiger partial charge in [0.1, 0.15) is 4.32 Å². The number of carbonyl (C=O) groups is 2. The van der Waals surface area contributed by atoms with E-state index in [4.69, 9.17) is 17.0 Å². The van der Waals surface area contributed by atoms with Gasteiger partial charge in [-0.2, -0.15) is 0 Å². The third-order valence-electron chi connectivity index (χ3n) is 3.37. The van der Waals surface area contributed by atoms with Gasteiger partial charge < -0.3 is 15.0 Å². The van der Waals surface area contributed by atoms with Crippen LogP contribution in [0.25, 0.3) is 0 Å². The first-order valence-corrected chi connectivity index (χ1v) is 8.98. The molecule has 1 aliphatic heterocycles. The summed E-state index contributed by atoms with van der Waals surface area (Å²) in [6.07, 6.45) is 2.33. The van der Waals surface area contributed by atoms with Gasteiger partial charge >= 0.3 is 5.97 Å². The highest BCUT2D eigenvalue weighted by atomic mass is 32.2. The Labute approximate surface area is 145 Å². The molecule has 1 N–H and O–H groups in total. The number of hydrogen-bond acceptors (Lipinski definition) is 5. The molecule has 0 aliphatic carbocycles. The Morgan fingerprint density at radius 2 is 1.91 bits per heavy atom. The highest BCUT2D eigenvalue weighted by Crippen LogP contribution is 2.17. The molecular weight excluding hydrogens is 332 g/mol. The molecule has 0 atom stereocenters. The largest absolute Gasteiger partial charge is 0.462 e. The number of esters is 1. The molecular formula is C16H20N2O3S2. The molecule has 1 amide bonds. The smallest absolute Gasteiger partial charge is 0.338 e. The van der Waals surface area contributed by atoms with Gasteiger partial charge in [-0.3, -0.25) is 4.79 Å². The van der Waals surface area contributed by atoms with Crippen molar-refractivity contribution in [2.45, 2.75) is 19.8 Å². The maximum Gasteiger partial charge on any atom is 0.338 e. The molecule has 1 fully saturated rings. The van der Waals surface area contributed by atoms with Gasteiger partial charge in [0.25, 0.3) is 0 Å². The Hall–Kier alpha value is -1.60. The van der Waals surface area contributed by atoms with E-state index in [2.05, 4.69) is 10.2 Å². The van der Waals surface area contributed by atoms with Crippen LogP contribution in [0.5, 0.6) is 0 Å². The van der Waals surface area contributed by atoms with Gasteiger partial charge in [-0.1, -0.05) is 24.0 Å². The molecule has 5 nitrogen and oxygen atoms in total. The Morgan fingerprint density at radius 3 is 2.52 bits per heavy atom. The highest BCUT2D eigenvalue weighted by Gasteiger charge is 2.16. The predicted molar refractivity (Wildman–Crippen MR) is 96.9 cm³/mol. The molecule has 0 radical (unpaired) electrons. The molecule has 2 rings (SSSR count). The van der Waals surface area contributed by atoms with Crippen LogP contribution < -0.4 is 5.32 Å². The van der Waals surface area contributed by atoms with Gasteiger partial charge in [-0.15, -0.1) is 0 Å². The summed E-state index contributed by atoms with van der Waals surface area (Å²) in [6.45, 7) is 4.08. The number of likely N-dealkylation sites (tertiary alicyclic amines) is 1. The van der Waals surface area contributed by atoms with Gasteiger partial charge in [0, 0.05) is 18.8 Å². The minimum atomic E-state index is -0.364. The van der Waals surface area contributed by atoms with Crippen LogP contribution in [0.3, 0.4) is 0 Å². The first kappa shape index (κ1) is 17.7. The summed E-state index contributed by atoms with van der Waals surface area (Å²) in [6, 6.07) is 6.65. The predicted octanol–water partition coefficient (Wildman–Crippen LogP) is 2.92. The van der Waals surface area contributed by atoms with E-state index in [9.17, 15) is 9.59 Å². The van der Waals surface area contributed by atoms with E-state index in [1.54, 1.807) is 31.2 Å². The van der Waals surface area contributed by atoms with Crippen LogP contribution in [-0.4, -0.2) is 46.5 Å². The summed E-state index contributed by atoms with van der Waals surface area (Å²) in [5, 5.41) is 2.80. The Kier molecular flexibility index (Phi) is 6.85. The molecule has 1 saturated heterocycles. The molecule has 7 heteroatoms. The zero-order valence-electron chi connectivity index (χ0n) is 13.0. The molecule has 124 valence electrons. The van der Waals surface area contributed by atoms with Crippen molar-refractivity contribution in [3.63, 3.8) is 0 Å². The second-order valence-corrected chi connectivity index (χ2v) is 6.70. The molecule has 1 heterocycles. The minimum Gasteiger partial charge on any atom is -0.462 e. The van der Waals surface area contributed by atoms with E-state index in [0.717, 1.165) is 17.4 Å². The lowest BCUT2D eigenvalue weighted by Gasteiger charge is -2.17. The number of benzene rings is 1. The monoisotopic (exact) mass is 352 g/mol. The van der Waals surface area contributed by atoms with E-state index in [1.807, 2.05) is 0 Å². The molecule has 1 aliphatic rings. The maximum atomic E-state index is 12.0. The lowest BCUT2D eigenvalue weighted by molar-refractivity contribution is -0.113. The van der Waals surface area contributed by atoms with Crippen molar-refractivity contribution in [1.82, 2.24) is 4.90 Å². The second kappa shape index (κ2) is 8.88. The van der Waals surface area contributed by atoms with Gasteiger partial charge in [0.15, 0.2) is 0 Å². The van der Waals surface area contributed by atoms with E-state index < -0.39 is 0 Å². The Morgan fingerprint density at radius 1 is 1.26 bits per heavy atom. The molecule has 0 spiro atoms. The Balaban J connectivity index is 1.78. The van der Waals surface area contributed by atoms with Gasteiger partial charge in [-0.25, -0.2) is 4.79 Å². The topological polar surface area (TPSA) is 58.6 Å². The van der Waals surface area contributed by atoms with Crippen LogP contribution in [0.4, 0.5) is 5.69 Å². The zero-order valence-corrected chi connectivity index (χ0v) is 14.7. The van der Waals surface area contributed by atoms with Crippen molar-refractivity contribution in [2.75, 3.05) is 30.8 Å². The van der Waals surface area contributed by atoms with Crippen LogP contribution in [0.1, 0.15) is 30.1 Å². The van der Waals surface area contributed by atoms with Crippen LogP contribution in [0.2, 0.25) is 0 Å². The van der Waals surface area contributed by atoms with Gasteiger partial charge in [0.2, 0.25) is 5.91 Å². The fraction of sp³-hybridized carbons (Fsp3) is 0.438. The number of carbonyl (C=O) groups excluding carboxylic acids is 2. The lowest BCUT2D eigenvalue weighted by atomic mass is 10.2. The third-order valence-corrected chi connectivity index (χ3v) is 4.89. The Bertz CT molecular complexity index is 569. The average molecular weight is 352 g/mol. The summed E-state index contributed by atoms with van der Waals surface area (Å²) >= 11 is 6.71. The van der Waals surface area contributed by atoms with Gasteiger partial charge in [0.05, 0.1) is 17.9 Å². The van der Waals surface area contributed by atoms with Crippen molar-refractivity contribution >= 4 is 45.9 Å². The number of rotatable bonds is 5. The SMILES string of the molecule is CCOC(=O)c1ccc(NC(=O)CSC(=S)N2CCCC2)cc1. The number of amides is 1. The standard InChI is InChI=1S/C16H20N2O3S2/c1-2-21-15(20)12-5-7-13(8-6-12)17-14(19)11-23-16(22)18-9-3-4-10-18/h5-8H,2-4,9-11H2,1H3,(H,17,19). The van der Waals surface area contributed by atoms with E-state index in [1.165, 1.54) is 24.6 Å². The number of thiocarbonyl (C=S) groups is 1. The molecule has 1 aromatic carbocycles. The van der Waals surface area contributed by atoms with Gasteiger partial charge in [-0.05, 0) is 44.0 Å². The van der Waals surface area contributed by atoms with Crippen molar-refractivity contribution in [1.29, 1.82) is 0 Å². The number of ether oxygens (including phenoxy) is 1. The van der Waals surface area contributed by atoms with Crippen LogP contribution in [0.15, 0.2) is 24.3 Å². The molecule has 0 unspecified atom stereocenters. The number of nitrogens with zero attached hydrogens (tertiary/aromatic N) is 1. The number of nitrogens with one attached hydrogen (secondary N) is 1. The summed E-state index contributed by atoms with van der Waals surface area (Å²) in [5.41, 5.74) is 1.12. The van der Waals surface area contributed by atoms with Crippen molar-refractivity contribution in [3.05, 3.63) is 29.8 Å². The summed E-state index contributed by atoms with van der Waals surface area (Å²) < 4.78 is 5.70. The summed E-state index contributed by atoms with van der Waals surface area (Å²) in [7, 11) is 0. The summed E-state index contributed by atoms with van der Waals surface area (Å²) in [4.78, 5) is 25.6. The van der Waals surface area contributed by atoms with E-state index in [-0.39, 0.29) is 17.6 Å². The molecule has 0 saturated carbocycles. The van der Waals surface area contributed by atoms with Crippen molar-refractivity contribution < 1.29 is 14.3 Å².